The number of rotatable bonds is 9. The van der Waals surface area contributed by atoms with Gasteiger partial charge >= 0.3 is 0 Å². The highest BCUT2D eigenvalue weighted by Crippen LogP contribution is 2.29. The number of nitriles is 1. The van der Waals surface area contributed by atoms with Crippen LogP contribution in [0.3, 0.4) is 0 Å². The summed E-state index contributed by atoms with van der Waals surface area (Å²) in [6, 6.07) is 23.6. The van der Waals surface area contributed by atoms with Crippen molar-refractivity contribution in [2.45, 2.75) is 19.4 Å². The second kappa shape index (κ2) is 11.5. The van der Waals surface area contributed by atoms with Crippen molar-refractivity contribution in [2.75, 3.05) is 6.61 Å². The molecule has 32 heavy (non-hydrogen) atoms. The summed E-state index contributed by atoms with van der Waals surface area (Å²) in [6.07, 6.45) is 1.49. The summed E-state index contributed by atoms with van der Waals surface area (Å²) in [4.78, 5) is 12.3. The molecule has 7 heteroatoms. The van der Waals surface area contributed by atoms with Crippen molar-refractivity contribution < 1.29 is 14.3 Å². The van der Waals surface area contributed by atoms with Gasteiger partial charge in [-0.25, -0.2) is 5.43 Å². The highest BCUT2D eigenvalue weighted by molar-refractivity contribution is 6.30. The summed E-state index contributed by atoms with van der Waals surface area (Å²) in [5, 5.41) is 14.0. The largest absolute Gasteiger partial charge is 0.490 e. The van der Waals surface area contributed by atoms with Crippen LogP contribution in [0.25, 0.3) is 0 Å². The number of benzene rings is 3. The SMILES string of the molecule is CCOc1cc(/C=N\NC(=O)[C@H](C#N)c2ccccc2)ccc1OCc1ccc(Cl)cc1. The number of halogens is 1. The summed E-state index contributed by atoms with van der Waals surface area (Å²) in [5.41, 5.74) is 4.73. The van der Waals surface area contributed by atoms with Gasteiger partial charge in [0.25, 0.3) is 5.91 Å². The third kappa shape index (κ3) is 6.34. The van der Waals surface area contributed by atoms with Gasteiger partial charge in [0.15, 0.2) is 17.4 Å². The van der Waals surface area contributed by atoms with Gasteiger partial charge in [-0.2, -0.15) is 10.4 Å². The van der Waals surface area contributed by atoms with Crippen LogP contribution in [-0.4, -0.2) is 18.7 Å². The first-order valence-corrected chi connectivity index (χ1v) is 10.4. The molecule has 0 saturated carbocycles. The molecule has 1 amide bonds. The summed E-state index contributed by atoms with van der Waals surface area (Å²) in [5.74, 6) is -0.272. The monoisotopic (exact) mass is 447 g/mol. The standard InChI is InChI=1S/C25H22ClN3O3/c1-2-31-24-14-19(10-13-23(24)32-17-18-8-11-21(26)12-9-18)16-28-29-25(30)22(15-27)20-6-4-3-5-7-20/h3-14,16,22H,2,17H2,1H3,(H,29,30)/b28-16-/t22-/m1/s1. The van der Waals surface area contributed by atoms with E-state index in [0.29, 0.717) is 40.9 Å². The number of nitrogens with zero attached hydrogens (tertiary/aromatic N) is 2. The fraction of sp³-hybridized carbons (Fsp3) is 0.160. The molecular weight excluding hydrogens is 426 g/mol. The summed E-state index contributed by atoms with van der Waals surface area (Å²) < 4.78 is 11.6. The van der Waals surface area contributed by atoms with Crippen LogP contribution in [0.4, 0.5) is 0 Å². The van der Waals surface area contributed by atoms with E-state index < -0.39 is 11.8 Å². The maximum absolute atomic E-state index is 12.3. The zero-order valence-electron chi connectivity index (χ0n) is 17.5. The van der Waals surface area contributed by atoms with E-state index in [1.54, 1.807) is 42.5 Å². The molecule has 0 spiro atoms. The molecule has 0 fully saturated rings. The molecule has 3 aromatic rings. The van der Waals surface area contributed by atoms with E-state index >= 15 is 0 Å². The molecule has 6 nitrogen and oxygen atoms in total. The lowest BCUT2D eigenvalue weighted by molar-refractivity contribution is -0.121. The predicted octanol–water partition coefficient (Wildman–Crippen LogP) is 5.08. The van der Waals surface area contributed by atoms with Gasteiger partial charge in [-0.15, -0.1) is 0 Å². The Morgan fingerprint density at radius 3 is 2.53 bits per heavy atom. The topological polar surface area (TPSA) is 83.7 Å². The van der Waals surface area contributed by atoms with Crippen LogP contribution in [0.2, 0.25) is 5.02 Å². The van der Waals surface area contributed by atoms with E-state index in [1.807, 2.05) is 43.3 Å². The fourth-order valence-electron chi connectivity index (χ4n) is 2.90. The molecule has 0 radical (unpaired) electrons. The molecule has 3 rings (SSSR count). The molecule has 0 saturated heterocycles. The van der Waals surface area contributed by atoms with Gasteiger partial charge in [0.05, 0.1) is 18.9 Å². The van der Waals surface area contributed by atoms with Crippen LogP contribution >= 0.6 is 11.6 Å². The molecular formula is C25H22ClN3O3. The van der Waals surface area contributed by atoms with Crippen molar-refractivity contribution in [3.63, 3.8) is 0 Å². The highest BCUT2D eigenvalue weighted by Gasteiger charge is 2.19. The van der Waals surface area contributed by atoms with Gasteiger partial charge in [0.2, 0.25) is 0 Å². The maximum Gasteiger partial charge on any atom is 0.261 e. The number of carbonyl (C=O) groups is 1. The third-order valence-electron chi connectivity index (χ3n) is 4.49. The van der Waals surface area contributed by atoms with E-state index in [-0.39, 0.29) is 0 Å². The molecule has 0 aromatic heterocycles. The second-order valence-electron chi connectivity index (χ2n) is 6.76. The van der Waals surface area contributed by atoms with Gasteiger partial charge in [-0.1, -0.05) is 54.1 Å². The predicted molar refractivity (Wildman–Crippen MR) is 124 cm³/mol. The summed E-state index contributed by atoms with van der Waals surface area (Å²) in [7, 11) is 0. The van der Waals surface area contributed by atoms with E-state index in [9.17, 15) is 10.1 Å². The molecule has 0 aliphatic heterocycles. The number of ether oxygens (including phenoxy) is 2. The smallest absolute Gasteiger partial charge is 0.261 e. The Balaban J connectivity index is 1.65. The molecule has 0 aliphatic carbocycles. The highest BCUT2D eigenvalue weighted by atomic mass is 35.5. The Kier molecular flexibility index (Phi) is 8.24. The lowest BCUT2D eigenvalue weighted by atomic mass is 10.0. The van der Waals surface area contributed by atoms with Crippen molar-refractivity contribution in [1.29, 1.82) is 5.26 Å². The normalized spacial score (nSPS) is 11.5. The van der Waals surface area contributed by atoms with Gasteiger partial charge in [-0.3, -0.25) is 4.79 Å². The quantitative estimate of drug-likeness (QED) is 0.366. The van der Waals surface area contributed by atoms with Crippen LogP contribution in [-0.2, 0) is 11.4 Å². The minimum atomic E-state index is -0.934. The molecule has 0 aliphatic rings. The molecule has 0 unspecified atom stereocenters. The lowest BCUT2D eigenvalue weighted by Gasteiger charge is -2.13. The number of hydrogen-bond acceptors (Lipinski definition) is 5. The number of amides is 1. The zero-order valence-corrected chi connectivity index (χ0v) is 18.3. The molecule has 162 valence electrons. The van der Waals surface area contributed by atoms with E-state index in [4.69, 9.17) is 21.1 Å². The maximum atomic E-state index is 12.3. The van der Waals surface area contributed by atoms with Crippen molar-refractivity contribution in [3.8, 4) is 17.6 Å². The molecule has 1 N–H and O–H groups in total. The van der Waals surface area contributed by atoms with Crippen molar-refractivity contribution >= 4 is 23.7 Å². The van der Waals surface area contributed by atoms with Crippen LogP contribution in [0.1, 0.15) is 29.5 Å². The Bertz CT molecular complexity index is 1110. The average molecular weight is 448 g/mol. The van der Waals surface area contributed by atoms with Crippen molar-refractivity contribution in [2.24, 2.45) is 5.10 Å². The van der Waals surface area contributed by atoms with Crippen LogP contribution in [0.5, 0.6) is 11.5 Å². The van der Waals surface area contributed by atoms with Gasteiger partial charge in [0.1, 0.15) is 6.61 Å². The van der Waals surface area contributed by atoms with E-state index in [0.717, 1.165) is 5.56 Å². The minimum absolute atomic E-state index is 0.371. The van der Waals surface area contributed by atoms with Crippen LogP contribution < -0.4 is 14.9 Å². The first-order valence-electron chi connectivity index (χ1n) is 10.0. The summed E-state index contributed by atoms with van der Waals surface area (Å²) in [6.45, 7) is 2.72. The Morgan fingerprint density at radius 2 is 1.84 bits per heavy atom. The van der Waals surface area contributed by atoms with Gasteiger partial charge in [0, 0.05) is 5.02 Å². The Labute approximate surface area is 192 Å². The lowest BCUT2D eigenvalue weighted by Crippen LogP contribution is -2.24. The average Bonchev–Trinajstić information content (AvgIpc) is 2.81. The molecule has 0 heterocycles. The first-order chi connectivity index (χ1) is 15.6. The van der Waals surface area contributed by atoms with Crippen molar-refractivity contribution in [1.82, 2.24) is 5.43 Å². The van der Waals surface area contributed by atoms with Crippen LogP contribution in [0, 0.1) is 11.3 Å². The van der Waals surface area contributed by atoms with Gasteiger partial charge in [-0.05, 0) is 53.9 Å². The van der Waals surface area contributed by atoms with Crippen LogP contribution in [0.15, 0.2) is 77.9 Å². The third-order valence-corrected chi connectivity index (χ3v) is 4.74. The van der Waals surface area contributed by atoms with E-state index in [2.05, 4.69) is 10.5 Å². The fourth-order valence-corrected chi connectivity index (χ4v) is 3.03. The Morgan fingerprint density at radius 1 is 1.09 bits per heavy atom. The zero-order chi connectivity index (χ0) is 22.8. The number of nitrogens with one attached hydrogen (secondary N) is 1. The molecule has 0 bridgehead atoms. The minimum Gasteiger partial charge on any atom is -0.490 e. The molecule has 3 aromatic carbocycles. The second-order valence-corrected chi connectivity index (χ2v) is 7.20. The number of hydrazone groups is 1. The van der Waals surface area contributed by atoms with E-state index in [1.165, 1.54) is 6.21 Å². The van der Waals surface area contributed by atoms with Gasteiger partial charge < -0.3 is 9.47 Å². The van der Waals surface area contributed by atoms with Crippen molar-refractivity contribution in [3.05, 3.63) is 94.5 Å². The molecule has 1 atom stereocenters. The first kappa shape index (κ1) is 22.9. The Hall–Kier alpha value is -3.82. The number of carbonyl (C=O) groups excluding carboxylic acids is 1. The number of hydrogen-bond donors (Lipinski definition) is 1. The summed E-state index contributed by atoms with van der Waals surface area (Å²) >= 11 is 5.92.